The van der Waals surface area contributed by atoms with E-state index in [-0.39, 0.29) is 11.7 Å². The SMILES string of the molecule is COCC(CCC(OC)OC)(COC)c1ccc(Cl)cc1. The Morgan fingerprint density at radius 2 is 1.48 bits per heavy atom. The van der Waals surface area contributed by atoms with Crippen molar-refractivity contribution >= 4 is 11.6 Å². The highest BCUT2D eigenvalue weighted by Crippen LogP contribution is 2.32. The number of methoxy groups -OCH3 is 4. The van der Waals surface area contributed by atoms with Gasteiger partial charge < -0.3 is 18.9 Å². The van der Waals surface area contributed by atoms with Gasteiger partial charge in [-0.15, -0.1) is 0 Å². The molecule has 0 bridgehead atoms. The molecule has 21 heavy (non-hydrogen) atoms. The monoisotopic (exact) mass is 316 g/mol. The van der Waals surface area contributed by atoms with Crippen LogP contribution in [-0.4, -0.2) is 47.9 Å². The molecule has 1 aromatic carbocycles. The molecule has 0 N–H and O–H groups in total. The Balaban J connectivity index is 2.99. The number of rotatable bonds is 10. The van der Waals surface area contributed by atoms with E-state index in [1.165, 1.54) is 0 Å². The Morgan fingerprint density at radius 3 is 1.90 bits per heavy atom. The molecule has 120 valence electrons. The molecule has 0 fully saturated rings. The number of ether oxygens (including phenoxy) is 4. The van der Waals surface area contributed by atoms with Crippen molar-refractivity contribution in [3.8, 4) is 0 Å². The fraction of sp³-hybridized carbons (Fsp3) is 0.625. The molecule has 0 aromatic heterocycles. The molecule has 0 aliphatic carbocycles. The lowest BCUT2D eigenvalue weighted by Crippen LogP contribution is -2.37. The topological polar surface area (TPSA) is 36.9 Å². The van der Waals surface area contributed by atoms with Crippen LogP contribution in [0.15, 0.2) is 24.3 Å². The van der Waals surface area contributed by atoms with E-state index in [1.54, 1.807) is 28.4 Å². The van der Waals surface area contributed by atoms with Crippen molar-refractivity contribution in [1.29, 1.82) is 0 Å². The van der Waals surface area contributed by atoms with Crippen LogP contribution >= 0.6 is 11.6 Å². The minimum absolute atomic E-state index is 0.231. The molecular weight excluding hydrogens is 292 g/mol. The zero-order valence-corrected chi connectivity index (χ0v) is 14.0. The lowest BCUT2D eigenvalue weighted by atomic mass is 9.78. The first-order chi connectivity index (χ1) is 10.1. The van der Waals surface area contributed by atoms with Gasteiger partial charge in [0.15, 0.2) is 6.29 Å². The van der Waals surface area contributed by atoms with Crippen molar-refractivity contribution in [3.63, 3.8) is 0 Å². The Labute approximate surface area is 132 Å². The predicted octanol–water partition coefficient (Wildman–Crippen LogP) is 3.27. The molecule has 5 heteroatoms. The average molecular weight is 317 g/mol. The van der Waals surface area contributed by atoms with E-state index < -0.39 is 0 Å². The molecule has 0 saturated heterocycles. The highest BCUT2D eigenvalue weighted by molar-refractivity contribution is 6.30. The third-order valence-corrected chi connectivity index (χ3v) is 3.93. The van der Waals surface area contributed by atoms with Gasteiger partial charge in [-0.1, -0.05) is 23.7 Å². The van der Waals surface area contributed by atoms with Crippen LogP contribution in [0.1, 0.15) is 18.4 Å². The van der Waals surface area contributed by atoms with Crippen molar-refractivity contribution in [2.75, 3.05) is 41.7 Å². The van der Waals surface area contributed by atoms with E-state index in [1.807, 2.05) is 24.3 Å². The fourth-order valence-electron chi connectivity index (χ4n) is 2.58. The molecule has 0 spiro atoms. The molecule has 0 atom stereocenters. The van der Waals surface area contributed by atoms with E-state index in [0.29, 0.717) is 18.2 Å². The Morgan fingerprint density at radius 1 is 0.952 bits per heavy atom. The van der Waals surface area contributed by atoms with Gasteiger partial charge in [0.1, 0.15) is 0 Å². The number of hydrogen-bond donors (Lipinski definition) is 0. The number of benzene rings is 1. The maximum absolute atomic E-state index is 5.99. The third-order valence-electron chi connectivity index (χ3n) is 3.68. The quantitative estimate of drug-likeness (QED) is 0.621. The molecule has 0 heterocycles. The van der Waals surface area contributed by atoms with Crippen LogP contribution in [-0.2, 0) is 24.4 Å². The van der Waals surface area contributed by atoms with E-state index >= 15 is 0 Å². The van der Waals surface area contributed by atoms with Crippen LogP contribution in [0.25, 0.3) is 0 Å². The Hall–Kier alpha value is -0.650. The second-order valence-corrected chi connectivity index (χ2v) is 5.53. The zero-order valence-electron chi connectivity index (χ0n) is 13.2. The first kappa shape index (κ1) is 18.4. The van der Waals surface area contributed by atoms with Crippen LogP contribution in [0.3, 0.4) is 0 Å². The highest BCUT2D eigenvalue weighted by Gasteiger charge is 2.33. The lowest BCUT2D eigenvalue weighted by Gasteiger charge is -2.34. The van der Waals surface area contributed by atoms with E-state index in [9.17, 15) is 0 Å². The summed E-state index contributed by atoms with van der Waals surface area (Å²) in [4.78, 5) is 0. The first-order valence-corrected chi connectivity index (χ1v) is 7.29. The average Bonchev–Trinajstić information content (AvgIpc) is 2.49. The van der Waals surface area contributed by atoms with Gasteiger partial charge in [0.25, 0.3) is 0 Å². The van der Waals surface area contributed by atoms with Crippen molar-refractivity contribution in [2.45, 2.75) is 24.5 Å². The highest BCUT2D eigenvalue weighted by atomic mass is 35.5. The van der Waals surface area contributed by atoms with E-state index in [2.05, 4.69) is 0 Å². The van der Waals surface area contributed by atoms with Gasteiger partial charge >= 0.3 is 0 Å². The van der Waals surface area contributed by atoms with E-state index in [0.717, 1.165) is 18.4 Å². The number of halogens is 1. The molecule has 1 aromatic rings. The summed E-state index contributed by atoms with van der Waals surface area (Å²) in [6.45, 7) is 1.12. The Bertz CT molecular complexity index is 384. The minimum Gasteiger partial charge on any atom is -0.384 e. The lowest BCUT2D eigenvalue weighted by molar-refractivity contribution is -0.112. The molecule has 0 unspecified atom stereocenters. The minimum atomic E-state index is -0.247. The zero-order chi connectivity index (χ0) is 15.7. The van der Waals surface area contributed by atoms with Crippen LogP contribution in [0.4, 0.5) is 0 Å². The van der Waals surface area contributed by atoms with E-state index in [4.69, 9.17) is 30.5 Å². The number of hydrogen-bond acceptors (Lipinski definition) is 4. The molecular formula is C16H25ClO4. The van der Waals surface area contributed by atoms with Crippen LogP contribution in [0.2, 0.25) is 5.02 Å². The summed E-state index contributed by atoms with van der Waals surface area (Å²) in [6, 6.07) is 7.83. The van der Waals surface area contributed by atoms with Gasteiger partial charge in [-0.2, -0.15) is 0 Å². The van der Waals surface area contributed by atoms with Gasteiger partial charge in [-0.05, 0) is 30.5 Å². The largest absolute Gasteiger partial charge is 0.384 e. The normalized spacial score (nSPS) is 12.1. The fourth-order valence-corrected chi connectivity index (χ4v) is 2.71. The van der Waals surface area contributed by atoms with Crippen LogP contribution in [0.5, 0.6) is 0 Å². The molecule has 0 aliphatic rings. The van der Waals surface area contributed by atoms with Gasteiger partial charge in [0, 0.05) is 38.9 Å². The van der Waals surface area contributed by atoms with Gasteiger partial charge in [0.05, 0.1) is 13.2 Å². The molecule has 1 rings (SSSR count). The molecule has 4 nitrogen and oxygen atoms in total. The molecule has 0 saturated carbocycles. The van der Waals surface area contributed by atoms with Crippen molar-refractivity contribution < 1.29 is 18.9 Å². The van der Waals surface area contributed by atoms with Gasteiger partial charge in [0.2, 0.25) is 0 Å². The third kappa shape index (κ3) is 5.24. The van der Waals surface area contributed by atoms with Gasteiger partial charge in [-0.3, -0.25) is 0 Å². The summed E-state index contributed by atoms with van der Waals surface area (Å²) >= 11 is 5.99. The van der Waals surface area contributed by atoms with Crippen molar-refractivity contribution in [2.24, 2.45) is 0 Å². The standard InChI is InChI=1S/C16H25ClO4/c1-18-11-16(12-19-2,10-9-15(20-3)21-4)13-5-7-14(17)8-6-13/h5-8,15H,9-12H2,1-4H3. The Kier molecular flexibility index (Phi) is 8.22. The van der Waals surface area contributed by atoms with Crippen LogP contribution < -0.4 is 0 Å². The smallest absolute Gasteiger partial charge is 0.156 e. The van der Waals surface area contributed by atoms with Gasteiger partial charge in [-0.25, -0.2) is 0 Å². The maximum Gasteiger partial charge on any atom is 0.156 e. The predicted molar refractivity (Wildman–Crippen MR) is 83.9 cm³/mol. The molecule has 0 amide bonds. The second kappa shape index (κ2) is 9.38. The summed E-state index contributed by atoms with van der Waals surface area (Å²) in [5, 5.41) is 0.717. The molecule has 0 aliphatic heterocycles. The maximum atomic E-state index is 5.99. The second-order valence-electron chi connectivity index (χ2n) is 5.09. The summed E-state index contributed by atoms with van der Waals surface area (Å²) in [7, 11) is 6.68. The van der Waals surface area contributed by atoms with Crippen molar-refractivity contribution in [1.82, 2.24) is 0 Å². The summed E-state index contributed by atoms with van der Waals surface area (Å²) in [6.07, 6.45) is 1.34. The summed E-state index contributed by atoms with van der Waals surface area (Å²) in [5.74, 6) is 0. The summed E-state index contributed by atoms with van der Waals surface area (Å²) in [5.41, 5.74) is 0.894. The first-order valence-electron chi connectivity index (χ1n) is 6.91. The summed E-state index contributed by atoms with van der Waals surface area (Å²) < 4.78 is 21.5. The van der Waals surface area contributed by atoms with Crippen LogP contribution in [0, 0.1) is 0 Å². The van der Waals surface area contributed by atoms with Crippen molar-refractivity contribution in [3.05, 3.63) is 34.9 Å². The molecule has 0 radical (unpaired) electrons.